The molecule has 0 spiro atoms. The second-order valence-corrected chi connectivity index (χ2v) is 9.19. The highest BCUT2D eigenvalue weighted by molar-refractivity contribution is 5.93. The number of rotatable bonds is 7. The van der Waals surface area contributed by atoms with Crippen molar-refractivity contribution in [1.29, 1.82) is 0 Å². The summed E-state index contributed by atoms with van der Waals surface area (Å²) in [7, 11) is 0. The minimum absolute atomic E-state index is 0.440. The topological polar surface area (TPSA) is 90.7 Å². The fourth-order valence-corrected chi connectivity index (χ4v) is 5.03. The van der Waals surface area contributed by atoms with Gasteiger partial charge in [-0.15, -0.1) is 0 Å². The Morgan fingerprint density at radius 3 is 2.82 bits per heavy atom. The minimum atomic E-state index is -0.440. The molecule has 34 heavy (non-hydrogen) atoms. The number of nitrogens with two attached hydrogens (primary N) is 1. The van der Waals surface area contributed by atoms with E-state index in [1.165, 1.54) is 17.7 Å². The number of benzene rings is 1. The van der Waals surface area contributed by atoms with Crippen molar-refractivity contribution in [1.82, 2.24) is 14.9 Å². The number of H-pyrrole nitrogens is 1. The Bertz CT molecular complexity index is 1090. The highest BCUT2D eigenvalue weighted by Gasteiger charge is 2.22. The lowest BCUT2D eigenvalue weighted by Crippen LogP contribution is -2.47. The summed E-state index contributed by atoms with van der Waals surface area (Å²) in [6.07, 6.45) is 7.09. The van der Waals surface area contributed by atoms with Crippen LogP contribution in [0.15, 0.2) is 42.6 Å². The number of hydrogen-bond acceptors (Lipinski definition) is 5. The maximum atomic E-state index is 12.0. The Labute approximate surface area is 200 Å². The Balaban J connectivity index is 1.10. The lowest BCUT2D eigenvalue weighted by atomic mass is 10.1. The fourth-order valence-electron chi connectivity index (χ4n) is 5.03. The monoisotopic (exact) mass is 462 g/mol. The number of urea groups is 1. The molecule has 8 nitrogen and oxygen atoms in total. The number of nitrogens with one attached hydrogen (secondary N) is 1. The van der Waals surface area contributed by atoms with Crippen molar-refractivity contribution in [2.24, 2.45) is 5.73 Å². The smallest absolute Gasteiger partial charge is 0.320 e. The predicted molar refractivity (Wildman–Crippen MR) is 136 cm³/mol. The number of hydrogen-bond donors (Lipinski definition) is 2. The van der Waals surface area contributed by atoms with Gasteiger partial charge in [-0.2, -0.15) is 0 Å². The maximum Gasteiger partial charge on any atom is 0.320 e. The summed E-state index contributed by atoms with van der Waals surface area (Å²) in [5.74, 6) is 1.81. The first-order valence-corrected chi connectivity index (χ1v) is 12.4. The molecule has 0 unspecified atom stereocenters. The molecule has 0 atom stereocenters. The van der Waals surface area contributed by atoms with Crippen LogP contribution in [0.4, 0.5) is 16.3 Å². The summed E-state index contributed by atoms with van der Waals surface area (Å²) < 4.78 is 6.13. The molecule has 180 valence electrons. The molecule has 2 aliphatic heterocycles. The molecule has 0 aliphatic carbocycles. The van der Waals surface area contributed by atoms with E-state index in [-0.39, 0.29) is 0 Å². The molecule has 4 heterocycles. The predicted octanol–water partition coefficient (Wildman–Crippen LogP) is 3.77. The number of carbonyl (C=O) groups excluding carboxylic acids is 1. The van der Waals surface area contributed by atoms with Crippen LogP contribution >= 0.6 is 0 Å². The number of aromatic nitrogens is 2. The second kappa shape index (κ2) is 10.3. The standard InChI is InChI=1S/C26H34N6O2/c27-26(33)32(23-19-21-9-6-11-28-25(21)29-23)13-3-2-12-30-14-16-31(17-15-30)22-10-5-8-20-7-1-4-18-34-24(20)22/h5-6,8-11,19H,1-4,7,12-18H2,(H2,27,33)(H,28,29). The van der Waals surface area contributed by atoms with E-state index in [1.54, 1.807) is 11.1 Å². The van der Waals surface area contributed by atoms with Crippen LogP contribution in [0.5, 0.6) is 5.75 Å². The number of ether oxygens (including phenoxy) is 1. The van der Waals surface area contributed by atoms with Crippen LogP contribution in [0.3, 0.4) is 0 Å². The Morgan fingerprint density at radius 1 is 1.12 bits per heavy atom. The van der Waals surface area contributed by atoms with E-state index in [0.29, 0.717) is 12.4 Å². The van der Waals surface area contributed by atoms with E-state index in [4.69, 9.17) is 10.5 Å². The second-order valence-electron chi connectivity index (χ2n) is 9.19. The number of fused-ring (bicyclic) bond motifs is 2. The van der Waals surface area contributed by atoms with E-state index >= 15 is 0 Å². The molecule has 8 heteroatoms. The van der Waals surface area contributed by atoms with Crippen LogP contribution in [0.25, 0.3) is 11.0 Å². The van der Waals surface area contributed by atoms with Crippen molar-refractivity contribution < 1.29 is 9.53 Å². The summed E-state index contributed by atoms with van der Waals surface area (Å²) >= 11 is 0. The molecule has 3 N–H and O–H groups in total. The van der Waals surface area contributed by atoms with E-state index in [2.05, 4.69) is 38.0 Å². The SMILES string of the molecule is NC(=O)N(CCCCN1CCN(c2cccc3c2OCCCC3)CC1)c1cc2cccnc2[nH]1. The molecule has 1 fully saturated rings. The highest BCUT2D eigenvalue weighted by Crippen LogP contribution is 2.35. The van der Waals surface area contributed by atoms with Crippen molar-refractivity contribution in [2.45, 2.75) is 32.1 Å². The lowest BCUT2D eigenvalue weighted by Gasteiger charge is -2.37. The van der Waals surface area contributed by atoms with E-state index in [9.17, 15) is 4.79 Å². The van der Waals surface area contributed by atoms with Gasteiger partial charge in [0.25, 0.3) is 0 Å². The summed E-state index contributed by atoms with van der Waals surface area (Å²) in [5, 5.41) is 0.974. The third-order valence-electron chi connectivity index (χ3n) is 6.92. The van der Waals surface area contributed by atoms with E-state index in [0.717, 1.165) is 81.8 Å². The number of aromatic amines is 1. The minimum Gasteiger partial charge on any atom is -0.491 e. The van der Waals surface area contributed by atoms with Crippen LogP contribution < -0.4 is 20.3 Å². The van der Waals surface area contributed by atoms with Gasteiger partial charge >= 0.3 is 6.03 Å². The molecule has 1 aromatic carbocycles. The number of unbranched alkanes of at least 4 members (excludes halogenated alkanes) is 1. The van der Waals surface area contributed by atoms with Gasteiger partial charge < -0.3 is 20.4 Å². The summed E-state index contributed by atoms with van der Waals surface area (Å²) in [5.41, 5.74) is 9.03. The van der Waals surface area contributed by atoms with Crippen LogP contribution in [0.1, 0.15) is 31.2 Å². The van der Waals surface area contributed by atoms with E-state index < -0.39 is 6.03 Å². The van der Waals surface area contributed by atoms with Gasteiger partial charge in [0.05, 0.1) is 12.3 Å². The number of carbonyl (C=O) groups is 1. The summed E-state index contributed by atoms with van der Waals surface area (Å²) in [6.45, 7) is 6.54. The van der Waals surface area contributed by atoms with Gasteiger partial charge in [0.2, 0.25) is 0 Å². The Morgan fingerprint density at radius 2 is 2.00 bits per heavy atom. The highest BCUT2D eigenvalue weighted by atomic mass is 16.5. The normalized spacial score (nSPS) is 16.6. The van der Waals surface area contributed by atoms with Gasteiger partial charge in [0, 0.05) is 44.3 Å². The molecule has 2 amide bonds. The number of aryl methyl sites for hydroxylation is 1. The number of amides is 2. The van der Waals surface area contributed by atoms with E-state index in [1.807, 2.05) is 18.2 Å². The summed E-state index contributed by atoms with van der Waals surface area (Å²) in [6, 6.07) is 11.9. The third-order valence-corrected chi connectivity index (χ3v) is 6.92. The van der Waals surface area contributed by atoms with Gasteiger partial charge in [-0.25, -0.2) is 9.78 Å². The molecule has 0 saturated carbocycles. The van der Waals surface area contributed by atoms with Gasteiger partial charge in [0.15, 0.2) is 0 Å². The largest absolute Gasteiger partial charge is 0.491 e. The zero-order chi connectivity index (χ0) is 23.3. The zero-order valence-corrected chi connectivity index (χ0v) is 19.7. The van der Waals surface area contributed by atoms with Crippen LogP contribution in [-0.4, -0.2) is 66.8 Å². The third kappa shape index (κ3) is 4.97. The number of piperazine rings is 1. The van der Waals surface area contributed by atoms with Crippen molar-refractivity contribution in [3.05, 3.63) is 48.2 Å². The molecular weight excluding hydrogens is 428 g/mol. The number of primary amides is 1. The molecule has 1 saturated heterocycles. The van der Waals surface area contributed by atoms with Crippen LogP contribution in [0, 0.1) is 0 Å². The number of nitrogens with zero attached hydrogens (tertiary/aromatic N) is 4. The molecule has 0 radical (unpaired) electrons. The quantitative estimate of drug-likeness (QED) is 0.522. The number of para-hydroxylation sites is 1. The fraction of sp³-hybridized carbons (Fsp3) is 0.462. The summed E-state index contributed by atoms with van der Waals surface area (Å²) in [4.78, 5) is 26.2. The molecular formula is C26H34N6O2. The van der Waals surface area contributed by atoms with Gasteiger partial charge in [-0.05, 0) is 68.5 Å². The molecule has 0 bridgehead atoms. The van der Waals surface area contributed by atoms with Crippen LogP contribution in [-0.2, 0) is 6.42 Å². The number of anilines is 2. The Kier molecular flexibility index (Phi) is 6.85. The first-order chi connectivity index (χ1) is 16.7. The van der Waals surface area contributed by atoms with Crippen molar-refractivity contribution >= 4 is 28.6 Å². The first-order valence-electron chi connectivity index (χ1n) is 12.4. The number of pyridine rings is 1. The van der Waals surface area contributed by atoms with Crippen molar-refractivity contribution in [3.63, 3.8) is 0 Å². The lowest BCUT2D eigenvalue weighted by molar-refractivity contribution is 0.248. The van der Waals surface area contributed by atoms with Crippen molar-refractivity contribution in [3.8, 4) is 5.75 Å². The molecule has 5 rings (SSSR count). The van der Waals surface area contributed by atoms with Gasteiger partial charge in [-0.3, -0.25) is 9.80 Å². The molecule has 2 aliphatic rings. The van der Waals surface area contributed by atoms with Crippen molar-refractivity contribution in [2.75, 3.05) is 55.7 Å². The maximum absolute atomic E-state index is 12.0. The Hall–Kier alpha value is -3.26. The van der Waals surface area contributed by atoms with Gasteiger partial charge in [0.1, 0.15) is 17.2 Å². The molecule has 2 aromatic heterocycles. The van der Waals surface area contributed by atoms with Gasteiger partial charge in [-0.1, -0.05) is 12.1 Å². The first kappa shape index (κ1) is 22.5. The molecule has 3 aromatic rings. The average Bonchev–Trinajstić information content (AvgIpc) is 3.13. The zero-order valence-electron chi connectivity index (χ0n) is 19.7. The average molecular weight is 463 g/mol. The van der Waals surface area contributed by atoms with Crippen LogP contribution in [0.2, 0.25) is 0 Å².